The zero-order valence-corrected chi connectivity index (χ0v) is 21.5. The van der Waals surface area contributed by atoms with Gasteiger partial charge in [-0.25, -0.2) is 8.42 Å². The van der Waals surface area contributed by atoms with Gasteiger partial charge < -0.3 is 10.6 Å². The molecule has 30 heavy (non-hydrogen) atoms. The van der Waals surface area contributed by atoms with Gasteiger partial charge in [0.15, 0.2) is 5.96 Å². The summed E-state index contributed by atoms with van der Waals surface area (Å²) in [6.07, 6.45) is 2.18. The van der Waals surface area contributed by atoms with Gasteiger partial charge in [-0.3, -0.25) is 9.71 Å². The maximum atomic E-state index is 11.6. The summed E-state index contributed by atoms with van der Waals surface area (Å²) in [5.41, 5.74) is 3.93. The Balaban J connectivity index is 0.00000450. The zero-order valence-electron chi connectivity index (χ0n) is 18.3. The topological polar surface area (TPSA) is 82.6 Å². The molecule has 2 aromatic rings. The molecule has 0 amide bonds. The molecule has 0 saturated heterocycles. The number of sulfonamides is 1. The van der Waals surface area contributed by atoms with Crippen LogP contribution >= 0.6 is 24.0 Å². The average Bonchev–Trinajstić information content (AvgIpc) is 2.68. The minimum Gasteiger partial charge on any atom is -0.356 e. The fraction of sp³-hybridized carbons (Fsp3) is 0.409. The number of para-hydroxylation sites is 1. The van der Waals surface area contributed by atoms with Crippen LogP contribution in [0, 0.1) is 0 Å². The van der Waals surface area contributed by atoms with E-state index in [1.54, 1.807) is 19.2 Å². The van der Waals surface area contributed by atoms with Crippen LogP contribution in [0.15, 0.2) is 53.5 Å². The molecule has 3 N–H and O–H groups in total. The number of benzene rings is 2. The van der Waals surface area contributed by atoms with E-state index in [1.165, 1.54) is 11.1 Å². The normalized spacial score (nSPS) is 12.1. The van der Waals surface area contributed by atoms with E-state index in [-0.39, 0.29) is 29.4 Å². The fourth-order valence-electron chi connectivity index (χ4n) is 2.97. The van der Waals surface area contributed by atoms with Gasteiger partial charge in [0.25, 0.3) is 0 Å². The van der Waals surface area contributed by atoms with Gasteiger partial charge in [0, 0.05) is 25.6 Å². The van der Waals surface area contributed by atoms with Crippen molar-refractivity contribution in [3.63, 3.8) is 0 Å². The molecule has 0 radical (unpaired) electrons. The largest absolute Gasteiger partial charge is 0.356 e. The first-order valence-corrected chi connectivity index (χ1v) is 11.6. The molecule has 0 heterocycles. The molecule has 0 aliphatic heterocycles. The van der Waals surface area contributed by atoms with Crippen molar-refractivity contribution in [3.05, 3.63) is 65.2 Å². The summed E-state index contributed by atoms with van der Waals surface area (Å²) < 4.78 is 25.7. The van der Waals surface area contributed by atoms with E-state index in [9.17, 15) is 8.42 Å². The van der Waals surface area contributed by atoms with Gasteiger partial charge in [-0.2, -0.15) is 0 Å². The second-order valence-electron chi connectivity index (χ2n) is 7.75. The predicted octanol–water partition coefficient (Wildman–Crippen LogP) is 3.88. The highest BCUT2D eigenvalue weighted by molar-refractivity contribution is 14.0. The smallest absolute Gasteiger partial charge is 0.229 e. The van der Waals surface area contributed by atoms with Crippen molar-refractivity contribution in [2.45, 2.75) is 39.2 Å². The standard InChI is InChI=1S/C22H32N4O2S.HI/c1-6-17-11-13-19(14-12-17)22(2,3)16-25-21(23-4)24-15-18-9-7-8-10-20(18)26-29(5,27)28;/h7-14,26H,6,15-16H2,1-5H3,(H2,23,24,25);1H. The van der Waals surface area contributed by atoms with Crippen LogP contribution in [-0.4, -0.2) is 34.2 Å². The zero-order chi connectivity index (χ0) is 21.5. The molecule has 0 atom stereocenters. The summed E-state index contributed by atoms with van der Waals surface area (Å²) in [5, 5.41) is 6.63. The minimum absolute atomic E-state index is 0. The van der Waals surface area contributed by atoms with E-state index in [1.807, 2.05) is 12.1 Å². The van der Waals surface area contributed by atoms with Gasteiger partial charge in [-0.05, 0) is 29.2 Å². The van der Waals surface area contributed by atoms with Crippen LogP contribution in [0.25, 0.3) is 0 Å². The SMILES string of the molecule is CCc1ccc(C(C)(C)CNC(=NC)NCc2ccccc2NS(C)(=O)=O)cc1.I. The van der Waals surface area contributed by atoms with Gasteiger partial charge in [-0.1, -0.05) is 63.2 Å². The third kappa shape index (κ3) is 8.14. The van der Waals surface area contributed by atoms with Gasteiger partial charge in [0.2, 0.25) is 10.0 Å². The lowest BCUT2D eigenvalue weighted by Gasteiger charge is -2.27. The average molecular weight is 545 g/mol. The molecule has 0 aliphatic carbocycles. The van der Waals surface area contributed by atoms with Crippen LogP contribution in [0.3, 0.4) is 0 Å². The molecule has 2 aromatic carbocycles. The van der Waals surface area contributed by atoms with Crippen LogP contribution in [-0.2, 0) is 28.4 Å². The minimum atomic E-state index is -3.33. The van der Waals surface area contributed by atoms with Crippen molar-refractivity contribution < 1.29 is 8.42 Å². The fourth-order valence-corrected chi connectivity index (χ4v) is 3.57. The molecule has 6 nitrogen and oxygen atoms in total. The number of nitrogens with zero attached hydrogens (tertiary/aromatic N) is 1. The van der Waals surface area contributed by atoms with Gasteiger partial charge >= 0.3 is 0 Å². The van der Waals surface area contributed by atoms with Crippen LogP contribution in [0.5, 0.6) is 0 Å². The highest BCUT2D eigenvalue weighted by Gasteiger charge is 2.21. The quantitative estimate of drug-likeness (QED) is 0.268. The summed E-state index contributed by atoms with van der Waals surface area (Å²) in [4.78, 5) is 4.29. The monoisotopic (exact) mass is 544 g/mol. The lowest BCUT2D eigenvalue weighted by Crippen LogP contribution is -2.43. The van der Waals surface area contributed by atoms with Gasteiger partial charge in [0.1, 0.15) is 0 Å². The van der Waals surface area contributed by atoms with E-state index < -0.39 is 10.0 Å². The van der Waals surface area contributed by atoms with Crippen LogP contribution in [0.1, 0.15) is 37.5 Å². The van der Waals surface area contributed by atoms with Gasteiger partial charge in [0.05, 0.1) is 11.9 Å². The molecule has 0 fully saturated rings. The number of guanidine groups is 1. The summed E-state index contributed by atoms with van der Waals surface area (Å²) in [6.45, 7) is 7.70. The van der Waals surface area contributed by atoms with E-state index in [4.69, 9.17) is 0 Å². The summed E-state index contributed by atoms with van der Waals surface area (Å²) in [6, 6.07) is 16.0. The maximum absolute atomic E-state index is 11.6. The number of nitrogens with one attached hydrogen (secondary N) is 3. The number of aryl methyl sites for hydroxylation is 1. The molecular formula is C22H33IN4O2S. The first-order chi connectivity index (χ1) is 13.6. The van der Waals surface area contributed by atoms with Crippen molar-refractivity contribution in [1.29, 1.82) is 0 Å². The number of hydrogen-bond donors (Lipinski definition) is 3. The predicted molar refractivity (Wildman–Crippen MR) is 137 cm³/mol. The molecule has 166 valence electrons. The Morgan fingerprint density at radius 3 is 2.23 bits per heavy atom. The second-order valence-corrected chi connectivity index (χ2v) is 9.49. The molecule has 0 saturated carbocycles. The molecule has 0 aromatic heterocycles. The second kappa shape index (κ2) is 11.5. The Kier molecular flexibility index (Phi) is 10.1. The molecular weight excluding hydrogens is 511 g/mol. The van der Waals surface area contributed by atoms with E-state index in [0.717, 1.165) is 18.2 Å². The highest BCUT2D eigenvalue weighted by Crippen LogP contribution is 2.23. The van der Waals surface area contributed by atoms with Crippen LogP contribution < -0.4 is 15.4 Å². The van der Waals surface area contributed by atoms with Crippen molar-refractivity contribution >= 4 is 45.6 Å². The molecule has 0 bridgehead atoms. The number of rotatable bonds is 8. The maximum Gasteiger partial charge on any atom is 0.229 e. The lowest BCUT2D eigenvalue weighted by atomic mass is 9.84. The van der Waals surface area contributed by atoms with Crippen LogP contribution in [0.2, 0.25) is 0 Å². The van der Waals surface area contributed by atoms with Gasteiger partial charge in [-0.15, -0.1) is 24.0 Å². The Bertz CT molecular complexity index is 942. The third-order valence-corrected chi connectivity index (χ3v) is 5.41. The van der Waals surface area contributed by atoms with Crippen molar-refractivity contribution in [1.82, 2.24) is 10.6 Å². The lowest BCUT2D eigenvalue weighted by molar-refractivity contribution is 0.508. The van der Waals surface area contributed by atoms with Crippen molar-refractivity contribution in [2.75, 3.05) is 24.6 Å². The number of hydrogen-bond acceptors (Lipinski definition) is 3. The summed E-state index contributed by atoms with van der Waals surface area (Å²) in [5.74, 6) is 0.664. The molecule has 8 heteroatoms. The molecule has 0 aliphatic rings. The molecule has 2 rings (SSSR count). The molecule has 0 unspecified atom stereocenters. The highest BCUT2D eigenvalue weighted by atomic mass is 127. The van der Waals surface area contributed by atoms with E-state index in [0.29, 0.717) is 24.7 Å². The van der Waals surface area contributed by atoms with Crippen molar-refractivity contribution in [2.24, 2.45) is 4.99 Å². The Labute approximate surface area is 198 Å². The number of halogens is 1. The summed E-state index contributed by atoms with van der Waals surface area (Å²) in [7, 11) is -1.61. The van der Waals surface area contributed by atoms with E-state index in [2.05, 4.69) is 65.4 Å². The first-order valence-electron chi connectivity index (χ1n) is 9.74. The van der Waals surface area contributed by atoms with E-state index >= 15 is 0 Å². The molecule has 0 spiro atoms. The summed E-state index contributed by atoms with van der Waals surface area (Å²) >= 11 is 0. The number of anilines is 1. The Morgan fingerprint density at radius 1 is 1.03 bits per heavy atom. The Hall–Kier alpha value is -1.81. The van der Waals surface area contributed by atoms with Crippen molar-refractivity contribution in [3.8, 4) is 0 Å². The Morgan fingerprint density at radius 2 is 1.67 bits per heavy atom. The van der Waals surface area contributed by atoms with Crippen LogP contribution in [0.4, 0.5) is 5.69 Å². The first kappa shape index (κ1) is 26.2. The third-order valence-electron chi connectivity index (χ3n) is 4.82. The number of aliphatic imine (C=N–C) groups is 1.